The summed E-state index contributed by atoms with van der Waals surface area (Å²) < 4.78 is 53.0. The molecule has 4 aromatic carbocycles. The predicted octanol–water partition coefficient (Wildman–Crippen LogP) is 10.0. The number of ether oxygens (including phenoxy) is 2. The number of thiazole rings is 1. The van der Waals surface area contributed by atoms with Gasteiger partial charge in [0.1, 0.15) is 23.4 Å². The number of aromatic nitrogens is 1. The number of rotatable bonds is 19. The van der Waals surface area contributed by atoms with E-state index in [1.54, 1.807) is 70.2 Å². The first-order valence-electron chi connectivity index (χ1n) is 24.5. The minimum Gasteiger partial charge on any atom is -0.494 e. The van der Waals surface area contributed by atoms with E-state index in [4.69, 9.17) is 21.7 Å². The summed E-state index contributed by atoms with van der Waals surface area (Å²) in [5, 5.41) is 12.3. The molecule has 0 radical (unpaired) electrons. The van der Waals surface area contributed by atoms with Gasteiger partial charge in [-0.3, -0.25) is 24.1 Å². The summed E-state index contributed by atoms with van der Waals surface area (Å²) in [4.78, 5) is 66.7. The fraction of sp³-hybridized carbons (Fsp3) is 0.400. The maximum absolute atomic E-state index is 14.3. The molecular formula is C55H58F3N7O6S2. The van der Waals surface area contributed by atoms with Crippen LogP contribution in [0.2, 0.25) is 0 Å². The lowest BCUT2D eigenvalue weighted by Crippen LogP contribution is -2.55. The molecule has 4 heterocycles. The molecule has 73 heavy (non-hydrogen) atoms. The van der Waals surface area contributed by atoms with Gasteiger partial charge in [-0.05, 0) is 142 Å². The van der Waals surface area contributed by atoms with Crippen molar-refractivity contribution in [2.24, 2.45) is 5.92 Å². The molecule has 3 aliphatic heterocycles. The van der Waals surface area contributed by atoms with Crippen molar-refractivity contribution in [1.29, 1.82) is 5.26 Å². The van der Waals surface area contributed by atoms with Gasteiger partial charge < -0.3 is 29.5 Å². The second-order valence-corrected chi connectivity index (χ2v) is 20.6. The van der Waals surface area contributed by atoms with E-state index < -0.39 is 40.8 Å². The molecule has 2 atom stereocenters. The summed E-state index contributed by atoms with van der Waals surface area (Å²) in [6, 6.07) is 24.3. The van der Waals surface area contributed by atoms with Gasteiger partial charge in [0.25, 0.3) is 11.8 Å². The number of benzene rings is 4. The second-order valence-electron chi connectivity index (χ2n) is 19.4. The molecule has 1 N–H and O–H groups in total. The summed E-state index contributed by atoms with van der Waals surface area (Å²) in [7, 11) is 0. The van der Waals surface area contributed by atoms with E-state index in [0.29, 0.717) is 75.7 Å². The van der Waals surface area contributed by atoms with Crippen molar-refractivity contribution >= 4 is 63.7 Å². The first-order chi connectivity index (χ1) is 34.9. The number of hydrogen-bond acceptors (Lipinski definition) is 10. The molecule has 1 aromatic heterocycles. The van der Waals surface area contributed by atoms with Crippen LogP contribution in [0.1, 0.15) is 104 Å². The minimum absolute atomic E-state index is 0.00733. The van der Waals surface area contributed by atoms with Gasteiger partial charge in [-0.15, -0.1) is 11.3 Å². The predicted molar refractivity (Wildman–Crippen MR) is 277 cm³/mol. The van der Waals surface area contributed by atoms with Crippen molar-refractivity contribution in [1.82, 2.24) is 20.1 Å². The Morgan fingerprint density at radius 3 is 2.34 bits per heavy atom. The largest absolute Gasteiger partial charge is 0.494 e. The Morgan fingerprint density at radius 1 is 0.945 bits per heavy atom. The summed E-state index contributed by atoms with van der Waals surface area (Å²) in [5.74, 6) is -0.648. The van der Waals surface area contributed by atoms with Gasteiger partial charge >= 0.3 is 6.18 Å². The molecule has 8 rings (SSSR count). The molecule has 0 aliphatic carbocycles. The van der Waals surface area contributed by atoms with Crippen LogP contribution in [0.15, 0.2) is 90.4 Å². The van der Waals surface area contributed by atoms with E-state index in [1.807, 2.05) is 62.7 Å². The number of amides is 4. The topological polar surface area (TPSA) is 148 Å². The van der Waals surface area contributed by atoms with E-state index in [9.17, 15) is 37.6 Å². The summed E-state index contributed by atoms with van der Waals surface area (Å²) >= 11 is 7.24. The minimum atomic E-state index is -4.79. The molecule has 13 nitrogen and oxygen atoms in total. The zero-order valence-corrected chi connectivity index (χ0v) is 43.1. The molecule has 18 heteroatoms. The van der Waals surface area contributed by atoms with Crippen LogP contribution in [0.25, 0.3) is 10.4 Å². The highest BCUT2D eigenvalue weighted by Gasteiger charge is 2.51. The van der Waals surface area contributed by atoms with Crippen LogP contribution in [0, 0.1) is 24.2 Å². The summed E-state index contributed by atoms with van der Waals surface area (Å²) in [6.45, 7) is 11.8. The molecule has 0 saturated carbocycles. The number of thiocarbonyl (C=S) groups is 1. The number of alkyl halides is 3. The Bertz CT molecular complexity index is 2920. The molecule has 382 valence electrons. The van der Waals surface area contributed by atoms with Crippen molar-refractivity contribution in [2.45, 2.75) is 110 Å². The second kappa shape index (κ2) is 22.2. The Morgan fingerprint density at radius 2 is 1.66 bits per heavy atom. The number of halogens is 3. The van der Waals surface area contributed by atoms with Crippen molar-refractivity contribution in [2.75, 3.05) is 36.2 Å². The Hall–Kier alpha value is -6.68. The number of likely N-dealkylation sites (tertiary alicyclic amines) is 1. The normalized spacial score (nSPS) is 16.9. The molecule has 5 aromatic rings. The summed E-state index contributed by atoms with van der Waals surface area (Å²) in [6.07, 6.45) is -0.355. The lowest BCUT2D eigenvalue weighted by atomic mass is 10.0. The Kier molecular flexibility index (Phi) is 16.0. The van der Waals surface area contributed by atoms with Gasteiger partial charge in [0.05, 0.1) is 45.6 Å². The third-order valence-electron chi connectivity index (χ3n) is 13.6. The maximum atomic E-state index is 14.3. The van der Waals surface area contributed by atoms with Crippen LogP contribution >= 0.6 is 23.6 Å². The van der Waals surface area contributed by atoms with Crippen LogP contribution in [0.4, 0.5) is 24.5 Å². The number of unbranched alkanes of at least 4 members (excludes halogenated alkanes) is 1. The number of fused-ring (bicyclic) bond motifs is 1. The van der Waals surface area contributed by atoms with Crippen molar-refractivity contribution in [3.63, 3.8) is 0 Å². The van der Waals surface area contributed by atoms with E-state index in [1.165, 1.54) is 6.07 Å². The molecular weight excluding hydrogens is 976 g/mol. The van der Waals surface area contributed by atoms with Gasteiger partial charge in [-0.2, -0.15) is 18.4 Å². The molecule has 0 spiro atoms. The lowest BCUT2D eigenvalue weighted by Gasteiger charge is -2.35. The smallest absolute Gasteiger partial charge is 0.417 e. The Labute approximate surface area is 432 Å². The quantitative estimate of drug-likeness (QED) is 0.0626. The SMILES string of the molecule is Cc1ncsc1-c1ccc(CNC(=O)[C@@H]2CCCN2C(=O)C(C(C)C)N2Cc3cc(CCCCOCCCOc4ccc(N5C(=S)N(c6ccc(C#N)c(C(F)(F)F)c6)C(=O)C5(C)C)cc4)ccc3C2=O)cc1. The van der Waals surface area contributed by atoms with Crippen molar-refractivity contribution in [3.05, 3.63) is 130 Å². The number of anilines is 2. The van der Waals surface area contributed by atoms with E-state index in [-0.39, 0.29) is 34.4 Å². The van der Waals surface area contributed by atoms with Crippen LogP contribution in [0.3, 0.4) is 0 Å². The summed E-state index contributed by atoms with van der Waals surface area (Å²) in [5.41, 5.74) is 5.03. The fourth-order valence-electron chi connectivity index (χ4n) is 9.83. The number of aryl methyl sites for hydroxylation is 2. The molecule has 1 unspecified atom stereocenters. The van der Waals surface area contributed by atoms with Gasteiger partial charge in [-0.1, -0.05) is 50.2 Å². The third kappa shape index (κ3) is 11.3. The molecule has 2 saturated heterocycles. The highest BCUT2D eigenvalue weighted by Crippen LogP contribution is 2.40. The zero-order chi connectivity index (χ0) is 52.2. The van der Waals surface area contributed by atoms with E-state index in [2.05, 4.69) is 16.4 Å². The van der Waals surface area contributed by atoms with Crippen LogP contribution < -0.4 is 19.9 Å². The number of hydrogen-bond donors (Lipinski definition) is 1. The van der Waals surface area contributed by atoms with Crippen molar-refractivity contribution < 1.29 is 41.8 Å². The molecule has 4 amide bonds. The van der Waals surface area contributed by atoms with Crippen LogP contribution in [0.5, 0.6) is 5.75 Å². The van der Waals surface area contributed by atoms with E-state index >= 15 is 0 Å². The van der Waals surface area contributed by atoms with Gasteiger partial charge in [0.15, 0.2) is 5.11 Å². The number of nitrogens with one attached hydrogen (secondary N) is 1. The highest BCUT2D eigenvalue weighted by molar-refractivity contribution is 7.81. The van der Waals surface area contributed by atoms with E-state index in [0.717, 1.165) is 69.1 Å². The first-order valence-corrected chi connectivity index (χ1v) is 25.8. The number of nitrogens with zero attached hydrogens (tertiary/aromatic N) is 6. The maximum Gasteiger partial charge on any atom is 0.417 e. The molecule has 0 bridgehead atoms. The third-order valence-corrected chi connectivity index (χ3v) is 15.0. The number of nitriles is 1. The molecule has 3 aliphatic rings. The average Bonchev–Trinajstić information content (AvgIpc) is 4.14. The van der Waals surface area contributed by atoms with Crippen LogP contribution in [-0.2, 0) is 44.8 Å². The number of carbonyl (C=O) groups excluding carboxylic acids is 4. The highest BCUT2D eigenvalue weighted by atomic mass is 32.1. The lowest BCUT2D eigenvalue weighted by molar-refractivity contribution is -0.143. The zero-order valence-electron chi connectivity index (χ0n) is 41.5. The molecule has 2 fully saturated rings. The van der Waals surface area contributed by atoms with Crippen LogP contribution in [-0.4, -0.2) is 87.5 Å². The van der Waals surface area contributed by atoms with Gasteiger partial charge in [0.2, 0.25) is 11.8 Å². The Balaban J connectivity index is 0.753. The average molecular weight is 1030 g/mol. The first kappa shape index (κ1) is 52.6. The standard InChI is InChI=1S/C55H58F3N7O6S2/c1-34(2)47(51(68)62-24-8-11-46(62)49(66)60-31-37-12-15-38(16-13-37)48-35(3)61-33-73-48)63-32-40-28-36(14-23-44(40)50(63)67)10-6-7-25-70-26-9-27-71-43-21-19-41(20-22-43)65-53(72)64(52(69)54(65,4)5)42-18-17-39(30-59)45(29-42)55(56,57)58/h12-23,28-29,33-34,46-47H,6-11,24-27,31-32H2,1-5H3,(H,60,66)/t46-,47?/m0/s1. The van der Waals surface area contributed by atoms with Crippen molar-refractivity contribution in [3.8, 4) is 22.3 Å². The monoisotopic (exact) mass is 1030 g/mol. The van der Waals surface area contributed by atoms with Gasteiger partial charge in [-0.25, -0.2) is 4.98 Å². The number of carbonyl (C=O) groups is 4. The fourth-order valence-corrected chi connectivity index (χ4v) is 11.2. The van der Waals surface area contributed by atoms with Gasteiger partial charge in [0, 0.05) is 50.5 Å².